The highest BCUT2D eigenvalue weighted by Gasteiger charge is 2.42. The van der Waals surface area contributed by atoms with Crippen molar-refractivity contribution < 1.29 is 52.3 Å². The number of fused-ring (bicyclic) bond motifs is 1. The molecule has 0 aliphatic carbocycles. The number of nitrogens with zero attached hydrogens (tertiary/aromatic N) is 2. The van der Waals surface area contributed by atoms with Gasteiger partial charge >= 0.3 is 18.1 Å². The Morgan fingerprint density at radius 1 is 1.12 bits per heavy atom. The molecule has 2 aromatic rings. The first-order chi connectivity index (χ1) is 19.2. The lowest BCUT2D eigenvalue weighted by atomic mass is 9.87. The van der Waals surface area contributed by atoms with Gasteiger partial charge in [-0.05, 0) is 29.8 Å². The number of β-amino-alcohol motifs (C(OH)–C–C–N with tert-alkyl or cyclic N) is 1. The van der Waals surface area contributed by atoms with Gasteiger partial charge in [-0.2, -0.15) is 18.4 Å². The van der Waals surface area contributed by atoms with Crippen molar-refractivity contribution in [1.82, 2.24) is 4.90 Å². The Labute approximate surface area is 242 Å². The standard InChI is InChI=1S/C24H24Cl2N2O6.C2HF3O2/c25-16-1-2-20-15(9-16)12-24(34-20)3-6-28(7-4-24)13-17(29)14-33-21-11-22(32-8-5-27)19(26)10-18(21)23(30)31;3-2(4,5)1(6)7/h1-2,9-11,17,29H,3-4,6-8,12-14H2,(H,30,31);(H,6,7)/t17-;/m1./s1. The molecule has 222 valence electrons. The molecule has 41 heavy (non-hydrogen) atoms. The van der Waals surface area contributed by atoms with Crippen LogP contribution in [0.1, 0.15) is 28.8 Å². The molecule has 0 bridgehead atoms. The lowest BCUT2D eigenvalue weighted by Crippen LogP contribution is -2.49. The molecule has 4 rings (SSSR count). The topological polar surface area (TPSA) is 150 Å². The van der Waals surface area contributed by atoms with E-state index in [0.29, 0.717) is 11.6 Å². The Hall–Kier alpha value is -3.44. The molecule has 10 nitrogen and oxygen atoms in total. The summed E-state index contributed by atoms with van der Waals surface area (Å²) in [6.07, 6.45) is -3.44. The number of aliphatic carboxylic acids is 1. The van der Waals surface area contributed by atoms with Crippen LogP contribution in [0.5, 0.6) is 17.2 Å². The van der Waals surface area contributed by atoms with Gasteiger partial charge in [0.05, 0.1) is 5.02 Å². The number of aromatic carboxylic acids is 1. The summed E-state index contributed by atoms with van der Waals surface area (Å²) in [4.78, 5) is 22.6. The lowest BCUT2D eigenvalue weighted by molar-refractivity contribution is -0.192. The molecule has 15 heteroatoms. The SMILES string of the molecule is N#CCOc1cc(OC[C@H](O)CN2CCC3(CC2)Cc2cc(Cl)ccc2O3)c(C(=O)O)cc1Cl.O=C(O)C(F)(F)F. The summed E-state index contributed by atoms with van der Waals surface area (Å²) in [7, 11) is 0. The van der Waals surface area contributed by atoms with E-state index in [4.69, 9.17) is 52.6 Å². The number of alkyl halides is 3. The Bertz CT molecular complexity index is 1310. The number of nitriles is 1. The Morgan fingerprint density at radius 3 is 2.37 bits per heavy atom. The van der Waals surface area contributed by atoms with Crippen LogP contribution in [0.15, 0.2) is 30.3 Å². The highest BCUT2D eigenvalue weighted by atomic mass is 35.5. The number of carboxylic acids is 2. The minimum absolute atomic E-state index is 0.0114. The monoisotopic (exact) mass is 620 g/mol. The molecule has 0 radical (unpaired) electrons. The number of aliphatic hydroxyl groups excluding tert-OH is 1. The first-order valence-electron chi connectivity index (χ1n) is 12.1. The van der Waals surface area contributed by atoms with E-state index in [9.17, 15) is 28.2 Å². The second-order valence-electron chi connectivity index (χ2n) is 9.31. The smallest absolute Gasteiger partial charge is 0.490 e. The molecule has 2 aromatic carbocycles. The van der Waals surface area contributed by atoms with Crippen LogP contribution in [-0.2, 0) is 11.2 Å². The molecule has 1 atom stereocenters. The Kier molecular flexibility index (Phi) is 10.5. The highest BCUT2D eigenvalue weighted by Crippen LogP contribution is 2.42. The summed E-state index contributed by atoms with van der Waals surface area (Å²) in [6, 6.07) is 10.1. The van der Waals surface area contributed by atoms with Gasteiger partial charge in [0.1, 0.15) is 47.2 Å². The Balaban J connectivity index is 0.000000587. The van der Waals surface area contributed by atoms with E-state index in [-0.39, 0.29) is 40.9 Å². The third-order valence-corrected chi connectivity index (χ3v) is 6.86. The fraction of sp³-hybridized carbons (Fsp3) is 0.423. The van der Waals surface area contributed by atoms with E-state index in [1.165, 1.54) is 12.1 Å². The molecule has 0 saturated carbocycles. The zero-order chi connectivity index (χ0) is 30.4. The second-order valence-corrected chi connectivity index (χ2v) is 10.2. The molecule has 3 N–H and O–H groups in total. The normalized spacial score (nSPS) is 16.4. The number of hydrogen-bond donors (Lipinski definition) is 3. The number of ether oxygens (including phenoxy) is 3. The average molecular weight is 621 g/mol. The van der Waals surface area contributed by atoms with Crippen molar-refractivity contribution in [3.05, 3.63) is 51.5 Å². The number of piperidine rings is 1. The van der Waals surface area contributed by atoms with Crippen molar-refractivity contribution >= 4 is 35.1 Å². The summed E-state index contributed by atoms with van der Waals surface area (Å²) >= 11 is 12.1. The second kappa shape index (κ2) is 13.5. The predicted molar refractivity (Wildman–Crippen MR) is 139 cm³/mol. The number of carboxylic acid groups (broad SMARTS) is 2. The molecule has 2 aliphatic rings. The van der Waals surface area contributed by atoms with Gasteiger partial charge in [-0.3, -0.25) is 0 Å². The molecule has 1 saturated heterocycles. The van der Waals surface area contributed by atoms with E-state index in [1.807, 2.05) is 24.3 Å². The van der Waals surface area contributed by atoms with E-state index in [1.54, 1.807) is 0 Å². The van der Waals surface area contributed by atoms with Gasteiger partial charge in [-0.1, -0.05) is 23.2 Å². The molecule has 1 fully saturated rings. The van der Waals surface area contributed by atoms with Crippen LogP contribution in [0.25, 0.3) is 0 Å². The van der Waals surface area contributed by atoms with Crippen molar-refractivity contribution in [3.63, 3.8) is 0 Å². The van der Waals surface area contributed by atoms with Gasteiger partial charge in [0.25, 0.3) is 0 Å². The molecule has 0 amide bonds. The summed E-state index contributed by atoms with van der Waals surface area (Å²) < 4.78 is 48.8. The van der Waals surface area contributed by atoms with Gasteiger partial charge in [-0.25, -0.2) is 9.59 Å². The van der Waals surface area contributed by atoms with E-state index in [0.717, 1.165) is 43.7 Å². The van der Waals surface area contributed by atoms with Gasteiger partial charge in [-0.15, -0.1) is 0 Å². The van der Waals surface area contributed by atoms with E-state index in [2.05, 4.69) is 4.90 Å². The third kappa shape index (κ3) is 8.77. The predicted octanol–water partition coefficient (Wildman–Crippen LogP) is 4.44. The zero-order valence-electron chi connectivity index (χ0n) is 21.3. The van der Waals surface area contributed by atoms with E-state index >= 15 is 0 Å². The number of halogens is 5. The number of aliphatic hydroxyl groups is 1. The van der Waals surface area contributed by atoms with Gasteiger partial charge < -0.3 is 34.4 Å². The number of benzene rings is 2. The van der Waals surface area contributed by atoms with Crippen LogP contribution in [0.2, 0.25) is 10.0 Å². The van der Waals surface area contributed by atoms with Crippen LogP contribution in [-0.4, -0.2) is 82.9 Å². The third-order valence-electron chi connectivity index (χ3n) is 6.33. The number of likely N-dealkylation sites (tertiary alicyclic amines) is 1. The van der Waals surface area contributed by atoms with Crippen LogP contribution in [0.4, 0.5) is 13.2 Å². The molecule has 0 aromatic heterocycles. The maximum Gasteiger partial charge on any atom is 0.490 e. The molecule has 2 heterocycles. The summed E-state index contributed by atoms with van der Waals surface area (Å²) in [5.74, 6) is -2.94. The quantitative estimate of drug-likeness (QED) is 0.386. The minimum atomic E-state index is -5.08. The highest BCUT2D eigenvalue weighted by molar-refractivity contribution is 6.32. The summed E-state index contributed by atoms with van der Waals surface area (Å²) in [6.45, 7) is 1.54. The van der Waals surface area contributed by atoms with E-state index < -0.39 is 24.2 Å². The van der Waals surface area contributed by atoms with Crippen LogP contribution in [0, 0.1) is 11.3 Å². The largest absolute Gasteiger partial charge is 0.490 e. The van der Waals surface area contributed by atoms with Crippen LogP contribution < -0.4 is 14.2 Å². The summed E-state index contributed by atoms with van der Waals surface area (Å²) in [5, 5.41) is 36.5. The lowest BCUT2D eigenvalue weighted by Gasteiger charge is -2.39. The number of rotatable bonds is 8. The van der Waals surface area contributed by atoms with Crippen LogP contribution >= 0.6 is 23.2 Å². The fourth-order valence-corrected chi connectivity index (χ4v) is 4.82. The summed E-state index contributed by atoms with van der Waals surface area (Å²) in [5.41, 5.74) is 0.744. The number of carbonyl (C=O) groups is 2. The maximum atomic E-state index is 11.6. The minimum Gasteiger partial charge on any atom is -0.490 e. The van der Waals surface area contributed by atoms with Crippen molar-refractivity contribution in [2.24, 2.45) is 0 Å². The van der Waals surface area contributed by atoms with Gasteiger partial charge in [0, 0.05) is 50.0 Å². The van der Waals surface area contributed by atoms with Crippen molar-refractivity contribution in [1.29, 1.82) is 5.26 Å². The molecular weight excluding hydrogens is 596 g/mol. The van der Waals surface area contributed by atoms with Gasteiger partial charge in [0.15, 0.2) is 6.61 Å². The average Bonchev–Trinajstić information content (AvgIpc) is 3.25. The molecule has 1 spiro atoms. The molecule has 0 unspecified atom stereocenters. The fourth-order valence-electron chi connectivity index (χ4n) is 4.40. The number of hydrogen-bond acceptors (Lipinski definition) is 8. The Morgan fingerprint density at radius 2 is 1.78 bits per heavy atom. The maximum absolute atomic E-state index is 11.6. The zero-order valence-corrected chi connectivity index (χ0v) is 22.8. The van der Waals surface area contributed by atoms with Gasteiger partial charge in [0.2, 0.25) is 0 Å². The van der Waals surface area contributed by atoms with Crippen molar-refractivity contribution in [2.75, 3.05) is 32.8 Å². The van der Waals surface area contributed by atoms with Crippen molar-refractivity contribution in [2.45, 2.75) is 37.1 Å². The molecular formula is C26H25Cl2F3N2O8. The first kappa shape index (κ1) is 32.1. The molecule has 2 aliphatic heterocycles. The first-order valence-corrected chi connectivity index (χ1v) is 12.9. The van der Waals surface area contributed by atoms with Crippen molar-refractivity contribution in [3.8, 4) is 23.3 Å². The van der Waals surface area contributed by atoms with Crippen LogP contribution in [0.3, 0.4) is 0 Å².